The Kier molecular flexibility index (Phi) is 6.41. The van der Waals surface area contributed by atoms with Crippen molar-refractivity contribution in [3.63, 3.8) is 0 Å². The zero-order chi connectivity index (χ0) is 29.1. The van der Waals surface area contributed by atoms with Crippen molar-refractivity contribution in [3.8, 4) is 17.2 Å². The summed E-state index contributed by atoms with van der Waals surface area (Å²) >= 11 is 0. The van der Waals surface area contributed by atoms with E-state index < -0.39 is 12.9 Å². The summed E-state index contributed by atoms with van der Waals surface area (Å²) in [7, 11) is 3.56. The lowest BCUT2D eigenvalue weighted by molar-refractivity contribution is -0.117. The van der Waals surface area contributed by atoms with Gasteiger partial charge in [0, 0.05) is 49.3 Å². The Labute approximate surface area is 224 Å². The number of likely N-dealkylation sites (N-methyl/N-ethyl adjacent to an activating group) is 1. The summed E-state index contributed by atoms with van der Waals surface area (Å²) < 4.78 is 33.4. The van der Waals surface area contributed by atoms with E-state index in [2.05, 4.69) is 47.8 Å². The summed E-state index contributed by atoms with van der Waals surface area (Å²) in [5, 5.41) is 19.6. The number of carbonyl (C=O) groups excluding carboxylic acids is 2. The summed E-state index contributed by atoms with van der Waals surface area (Å²) in [4.78, 5) is 34.2. The first kappa shape index (κ1) is 21.9. The molecule has 5 rings (SSSR count). The number of nitrogens with zero attached hydrogens (tertiary/aromatic N) is 6. The number of piperazine rings is 1. The molecule has 2 aromatic heterocycles. The molecule has 13 heteroatoms. The molecule has 1 aromatic carbocycles. The van der Waals surface area contributed by atoms with Crippen LogP contribution >= 0.6 is 0 Å². The van der Waals surface area contributed by atoms with Crippen molar-refractivity contribution in [1.29, 1.82) is 0 Å². The second-order valence-electron chi connectivity index (χ2n) is 9.32. The Morgan fingerprint density at radius 2 is 2.00 bits per heavy atom. The monoisotopic (exact) mass is 524 g/mol. The van der Waals surface area contributed by atoms with Crippen molar-refractivity contribution < 1.29 is 23.0 Å². The molecule has 1 saturated carbocycles. The SMILES string of the molecule is [2H]C([2H])([2H])NC(=O)c1nnc(NC(=O)C2CC2)cc1Nc1cccc(-c2nc(CN3CCN(C)CC3)no2)c1OC. The number of rotatable bonds is 9. The first-order valence-electron chi connectivity index (χ1n) is 13.8. The number of hydrogen-bond donors (Lipinski definition) is 3. The average molecular weight is 525 g/mol. The number of nitrogens with one attached hydrogen (secondary N) is 3. The van der Waals surface area contributed by atoms with Crippen LogP contribution in [-0.4, -0.2) is 89.3 Å². The Hall–Kier alpha value is -4.10. The Bertz CT molecular complexity index is 1420. The van der Waals surface area contributed by atoms with Crippen molar-refractivity contribution in [3.05, 3.63) is 35.8 Å². The van der Waals surface area contributed by atoms with Gasteiger partial charge in [-0.3, -0.25) is 14.5 Å². The van der Waals surface area contributed by atoms with Gasteiger partial charge in [0.1, 0.15) is 0 Å². The summed E-state index contributed by atoms with van der Waals surface area (Å²) in [6.45, 7) is 1.56. The molecular formula is C25H31N9O4. The first-order valence-corrected chi connectivity index (χ1v) is 12.3. The molecule has 0 spiro atoms. The molecule has 0 radical (unpaired) electrons. The average Bonchev–Trinajstić information content (AvgIpc) is 3.68. The van der Waals surface area contributed by atoms with E-state index in [1.165, 1.54) is 13.2 Å². The molecule has 13 nitrogen and oxygen atoms in total. The maximum atomic E-state index is 12.8. The highest BCUT2D eigenvalue weighted by Crippen LogP contribution is 2.38. The highest BCUT2D eigenvalue weighted by atomic mass is 16.5. The lowest BCUT2D eigenvalue weighted by Gasteiger charge is -2.31. The molecule has 0 bridgehead atoms. The van der Waals surface area contributed by atoms with E-state index >= 15 is 0 Å². The fourth-order valence-electron chi connectivity index (χ4n) is 4.15. The molecule has 38 heavy (non-hydrogen) atoms. The second kappa shape index (κ2) is 11.1. The molecule has 1 saturated heterocycles. The van der Waals surface area contributed by atoms with E-state index in [-0.39, 0.29) is 34.9 Å². The smallest absolute Gasteiger partial charge is 0.273 e. The number of methoxy groups -OCH3 is 1. The quantitative estimate of drug-likeness (QED) is 0.375. The Balaban J connectivity index is 1.42. The van der Waals surface area contributed by atoms with E-state index in [9.17, 15) is 9.59 Å². The van der Waals surface area contributed by atoms with Gasteiger partial charge in [-0.25, -0.2) is 0 Å². The number of carbonyl (C=O) groups is 2. The van der Waals surface area contributed by atoms with E-state index in [1.807, 2.05) is 5.32 Å². The zero-order valence-electron chi connectivity index (χ0n) is 24.2. The van der Waals surface area contributed by atoms with Crippen molar-refractivity contribution in [2.24, 2.45) is 5.92 Å². The molecule has 200 valence electrons. The molecule has 1 aliphatic heterocycles. The summed E-state index contributed by atoms with van der Waals surface area (Å²) in [5.41, 5.74) is 0.724. The van der Waals surface area contributed by atoms with Crippen molar-refractivity contribution in [2.45, 2.75) is 19.4 Å². The number of benzene rings is 1. The predicted molar refractivity (Wildman–Crippen MR) is 139 cm³/mol. The van der Waals surface area contributed by atoms with Crippen LogP contribution in [0.2, 0.25) is 0 Å². The number of ether oxygens (including phenoxy) is 1. The van der Waals surface area contributed by atoms with Gasteiger partial charge in [0.25, 0.3) is 11.8 Å². The molecule has 3 aromatic rings. The van der Waals surface area contributed by atoms with Gasteiger partial charge in [-0.2, -0.15) is 4.98 Å². The molecule has 3 N–H and O–H groups in total. The van der Waals surface area contributed by atoms with Crippen LogP contribution in [0.5, 0.6) is 5.75 Å². The number of anilines is 3. The minimum Gasteiger partial charge on any atom is -0.494 e. The molecule has 2 fully saturated rings. The third-order valence-electron chi connectivity index (χ3n) is 6.47. The number of amides is 2. The lowest BCUT2D eigenvalue weighted by Crippen LogP contribution is -2.44. The van der Waals surface area contributed by atoms with Crippen LogP contribution in [0.3, 0.4) is 0 Å². The van der Waals surface area contributed by atoms with Crippen LogP contribution < -0.4 is 20.7 Å². The zero-order valence-corrected chi connectivity index (χ0v) is 21.2. The van der Waals surface area contributed by atoms with Crippen LogP contribution in [-0.2, 0) is 11.3 Å². The normalized spacial score (nSPS) is 17.7. The van der Waals surface area contributed by atoms with Gasteiger partial charge in [-0.05, 0) is 32.0 Å². The second-order valence-corrected chi connectivity index (χ2v) is 9.32. The highest BCUT2D eigenvalue weighted by molar-refractivity contribution is 6.00. The summed E-state index contributed by atoms with van der Waals surface area (Å²) in [5.74, 6) is -0.0172. The van der Waals surface area contributed by atoms with Crippen LogP contribution in [0.1, 0.15) is 33.3 Å². The van der Waals surface area contributed by atoms with Gasteiger partial charge in [0.15, 0.2) is 23.1 Å². The number of para-hydroxylation sites is 1. The molecule has 0 atom stereocenters. The van der Waals surface area contributed by atoms with Gasteiger partial charge in [0.2, 0.25) is 5.91 Å². The van der Waals surface area contributed by atoms with Crippen molar-refractivity contribution in [2.75, 3.05) is 57.9 Å². The minimum atomic E-state index is -2.74. The third-order valence-corrected chi connectivity index (χ3v) is 6.47. The Morgan fingerprint density at radius 3 is 2.74 bits per heavy atom. The molecule has 0 unspecified atom stereocenters. The van der Waals surface area contributed by atoms with Crippen LogP contribution in [0.4, 0.5) is 17.2 Å². The fourth-order valence-corrected chi connectivity index (χ4v) is 4.15. The molecule has 2 amide bonds. The molecular weight excluding hydrogens is 490 g/mol. The summed E-state index contributed by atoms with van der Waals surface area (Å²) in [6, 6.07) is 6.59. The highest BCUT2D eigenvalue weighted by Gasteiger charge is 2.30. The van der Waals surface area contributed by atoms with E-state index in [1.54, 1.807) is 18.2 Å². The lowest BCUT2D eigenvalue weighted by atomic mass is 10.1. The maximum absolute atomic E-state index is 12.8. The molecule has 1 aliphatic carbocycles. The largest absolute Gasteiger partial charge is 0.494 e. The topological polar surface area (TPSA) is 151 Å². The van der Waals surface area contributed by atoms with Gasteiger partial charge >= 0.3 is 0 Å². The fraction of sp³-hybridized carbons (Fsp3) is 0.440. The first-order chi connectivity index (χ1) is 19.6. The maximum Gasteiger partial charge on any atom is 0.273 e. The van der Waals surface area contributed by atoms with Crippen LogP contribution in [0, 0.1) is 5.92 Å². The molecule has 2 aliphatic rings. The van der Waals surface area contributed by atoms with Crippen LogP contribution in [0.15, 0.2) is 28.8 Å². The van der Waals surface area contributed by atoms with Crippen molar-refractivity contribution >= 4 is 29.0 Å². The minimum absolute atomic E-state index is 0.0842. The number of hydrogen-bond acceptors (Lipinski definition) is 11. The summed E-state index contributed by atoms with van der Waals surface area (Å²) in [6.07, 6.45) is 1.58. The van der Waals surface area contributed by atoms with Crippen molar-refractivity contribution in [1.82, 2.24) is 35.5 Å². The molecule has 3 heterocycles. The van der Waals surface area contributed by atoms with Gasteiger partial charge in [0.05, 0.1) is 30.6 Å². The standard InChI is InChI=1S/C25H31N9O4/c1-26-24(36)21-18(13-19(30-31-21)28-23(35)15-7-8-15)27-17-6-4-5-16(22(17)37-3)25-29-20(32-38-25)14-34-11-9-33(2)10-12-34/h4-6,13,15H,7-12,14H2,1-3H3,(H,26,36)(H2,27,28,30,35)/i1D3. The van der Waals surface area contributed by atoms with Gasteiger partial charge in [-0.15, -0.1) is 10.2 Å². The van der Waals surface area contributed by atoms with Gasteiger partial charge in [-0.1, -0.05) is 11.2 Å². The van der Waals surface area contributed by atoms with Gasteiger partial charge < -0.3 is 30.1 Å². The van der Waals surface area contributed by atoms with E-state index in [0.717, 1.165) is 39.0 Å². The van der Waals surface area contributed by atoms with E-state index in [4.69, 9.17) is 13.4 Å². The van der Waals surface area contributed by atoms with Crippen LogP contribution in [0.25, 0.3) is 11.5 Å². The third kappa shape index (κ3) is 5.73. The predicted octanol–water partition coefficient (Wildman–Crippen LogP) is 1.73. The number of aromatic nitrogens is 4. The Morgan fingerprint density at radius 1 is 1.18 bits per heavy atom. The van der Waals surface area contributed by atoms with E-state index in [0.29, 0.717) is 29.4 Å².